The zero-order valence-corrected chi connectivity index (χ0v) is 13.4. The van der Waals surface area contributed by atoms with Crippen molar-refractivity contribution < 1.29 is 8.42 Å². The van der Waals surface area contributed by atoms with Crippen LogP contribution in [0.4, 0.5) is 5.69 Å². The fourth-order valence-electron chi connectivity index (χ4n) is 2.24. The summed E-state index contributed by atoms with van der Waals surface area (Å²) in [5.41, 5.74) is 6.10. The number of likely N-dealkylation sites (N-methyl/N-ethyl adjacent to an activating group) is 1. The molecule has 1 saturated heterocycles. The van der Waals surface area contributed by atoms with Crippen molar-refractivity contribution in [3.05, 3.63) is 22.7 Å². The molecule has 0 aromatic heterocycles. The Hall–Kier alpha value is -0.630. The van der Waals surface area contributed by atoms with Gasteiger partial charge in [0.1, 0.15) is 4.90 Å². The van der Waals surface area contributed by atoms with Gasteiger partial charge in [-0.05, 0) is 38.7 Å². The standard InChI is InChI=1S/C12H18BrN3O2S/c1-15(2)10-5-6-16(8-10)19(17,18)12-4-3-9(13)7-11(12)14/h3-4,7,10H,5-6,8,14H2,1-2H3. The smallest absolute Gasteiger partial charge is 0.245 e. The van der Waals surface area contributed by atoms with Gasteiger partial charge < -0.3 is 10.6 Å². The molecule has 0 bridgehead atoms. The van der Waals surface area contributed by atoms with E-state index in [1.807, 2.05) is 14.1 Å². The van der Waals surface area contributed by atoms with Gasteiger partial charge in [0.25, 0.3) is 0 Å². The highest BCUT2D eigenvalue weighted by molar-refractivity contribution is 9.10. The van der Waals surface area contributed by atoms with Gasteiger partial charge >= 0.3 is 0 Å². The van der Waals surface area contributed by atoms with Gasteiger partial charge in [0.2, 0.25) is 10.0 Å². The predicted octanol–water partition coefficient (Wildman–Crippen LogP) is 1.36. The van der Waals surface area contributed by atoms with E-state index in [4.69, 9.17) is 5.73 Å². The molecular weight excluding hydrogens is 330 g/mol. The second kappa shape index (κ2) is 5.40. The molecule has 0 saturated carbocycles. The molecular formula is C12H18BrN3O2S. The highest BCUT2D eigenvalue weighted by atomic mass is 79.9. The monoisotopic (exact) mass is 347 g/mol. The van der Waals surface area contributed by atoms with Crippen LogP contribution in [0.3, 0.4) is 0 Å². The first-order valence-electron chi connectivity index (χ1n) is 6.04. The van der Waals surface area contributed by atoms with Crippen LogP contribution in [0.15, 0.2) is 27.6 Å². The first kappa shape index (κ1) is 14.8. The highest BCUT2D eigenvalue weighted by Crippen LogP contribution is 2.28. The number of nitrogens with two attached hydrogens (primary N) is 1. The SMILES string of the molecule is CN(C)C1CCN(S(=O)(=O)c2ccc(Br)cc2N)C1. The normalized spacial score (nSPS) is 21.2. The van der Waals surface area contributed by atoms with Crippen molar-refractivity contribution in [1.29, 1.82) is 0 Å². The van der Waals surface area contributed by atoms with E-state index in [2.05, 4.69) is 20.8 Å². The van der Waals surface area contributed by atoms with E-state index in [-0.39, 0.29) is 16.6 Å². The number of hydrogen-bond acceptors (Lipinski definition) is 4. The van der Waals surface area contributed by atoms with Crippen LogP contribution in [0.5, 0.6) is 0 Å². The minimum atomic E-state index is -3.49. The lowest BCUT2D eigenvalue weighted by Crippen LogP contribution is -2.34. The zero-order valence-electron chi connectivity index (χ0n) is 11.0. The Labute approximate surface area is 122 Å². The summed E-state index contributed by atoms with van der Waals surface area (Å²) in [4.78, 5) is 2.25. The van der Waals surface area contributed by atoms with Gasteiger partial charge in [-0.3, -0.25) is 0 Å². The van der Waals surface area contributed by atoms with Crippen molar-refractivity contribution >= 4 is 31.6 Å². The fraction of sp³-hybridized carbons (Fsp3) is 0.500. The van der Waals surface area contributed by atoms with E-state index in [0.717, 1.165) is 10.9 Å². The predicted molar refractivity (Wildman–Crippen MR) is 79.4 cm³/mol. The van der Waals surface area contributed by atoms with E-state index in [1.54, 1.807) is 18.2 Å². The van der Waals surface area contributed by atoms with Crippen LogP contribution in [0, 0.1) is 0 Å². The number of halogens is 1. The summed E-state index contributed by atoms with van der Waals surface area (Å²) in [6, 6.07) is 5.14. The molecule has 0 aliphatic carbocycles. The molecule has 1 aromatic carbocycles. The van der Waals surface area contributed by atoms with Crippen molar-refractivity contribution in [3.63, 3.8) is 0 Å². The van der Waals surface area contributed by atoms with Crippen LogP contribution in [-0.4, -0.2) is 50.8 Å². The van der Waals surface area contributed by atoms with Crippen LogP contribution in [0.2, 0.25) is 0 Å². The molecule has 1 atom stereocenters. The lowest BCUT2D eigenvalue weighted by atomic mass is 10.2. The molecule has 2 rings (SSSR count). The summed E-state index contributed by atoms with van der Waals surface area (Å²) >= 11 is 3.28. The maximum atomic E-state index is 12.5. The van der Waals surface area contributed by atoms with Gasteiger partial charge in [-0.15, -0.1) is 0 Å². The molecule has 1 aliphatic rings. The molecule has 19 heavy (non-hydrogen) atoms. The van der Waals surface area contributed by atoms with Crippen LogP contribution in [0.25, 0.3) is 0 Å². The molecule has 0 spiro atoms. The van der Waals surface area contributed by atoms with Crippen LogP contribution in [-0.2, 0) is 10.0 Å². The molecule has 0 radical (unpaired) electrons. The lowest BCUT2D eigenvalue weighted by molar-refractivity contribution is 0.302. The third-order valence-corrected chi connectivity index (χ3v) is 5.88. The van der Waals surface area contributed by atoms with Gasteiger partial charge in [0.05, 0.1) is 5.69 Å². The second-order valence-electron chi connectivity index (χ2n) is 4.95. The number of rotatable bonds is 3. The van der Waals surface area contributed by atoms with Crippen molar-refractivity contribution in [3.8, 4) is 0 Å². The molecule has 1 aliphatic heterocycles. The number of nitrogens with zero attached hydrogens (tertiary/aromatic N) is 2. The second-order valence-corrected chi connectivity index (χ2v) is 7.77. The Morgan fingerprint density at radius 1 is 1.42 bits per heavy atom. The average molecular weight is 348 g/mol. The molecule has 1 fully saturated rings. The van der Waals surface area contributed by atoms with Gasteiger partial charge in [0.15, 0.2) is 0 Å². The molecule has 1 unspecified atom stereocenters. The number of hydrogen-bond donors (Lipinski definition) is 1. The average Bonchev–Trinajstić information content (AvgIpc) is 2.78. The van der Waals surface area contributed by atoms with Gasteiger partial charge in [0, 0.05) is 23.6 Å². The maximum Gasteiger partial charge on any atom is 0.245 e. The number of sulfonamides is 1. The minimum Gasteiger partial charge on any atom is -0.398 e. The first-order chi connectivity index (χ1) is 8.82. The summed E-state index contributed by atoms with van der Waals surface area (Å²) in [6.45, 7) is 1.06. The summed E-state index contributed by atoms with van der Waals surface area (Å²) in [5.74, 6) is 0. The third-order valence-electron chi connectivity index (χ3n) is 3.45. The Kier molecular flexibility index (Phi) is 4.20. The molecule has 1 aromatic rings. The summed E-state index contributed by atoms with van der Waals surface area (Å²) in [6.07, 6.45) is 0.850. The van der Waals surface area contributed by atoms with Gasteiger partial charge in [-0.1, -0.05) is 15.9 Å². The molecule has 0 amide bonds. The summed E-state index contributed by atoms with van der Waals surface area (Å²) < 4.78 is 27.4. The van der Waals surface area contributed by atoms with Crippen molar-refractivity contribution in [2.75, 3.05) is 32.9 Å². The summed E-state index contributed by atoms with van der Waals surface area (Å²) in [7, 11) is 0.442. The Balaban J connectivity index is 2.29. The molecule has 2 N–H and O–H groups in total. The van der Waals surface area contributed by atoms with E-state index < -0.39 is 10.0 Å². The van der Waals surface area contributed by atoms with E-state index in [1.165, 1.54) is 4.31 Å². The minimum absolute atomic E-state index is 0.190. The Morgan fingerprint density at radius 3 is 2.63 bits per heavy atom. The van der Waals surface area contributed by atoms with E-state index >= 15 is 0 Å². The zero-order chi connectivity index (χ0) is 14.2. The molecule has 5 nitrogen and oxygen atoms in total. The van der Waals surface area contributed by atoms with Crippen molar-refractivity contribution in [1.82, 2.24) is 9.21 Å². The first-order valence-corrected chi connectivity index (χ1v) is 8.27. The maximum absolute atomic E-state index is 12.5. The van der Waals surface area contributed by atoms with E-state index in [9.17, 15) is 8.42 Å². The van der Waals surface area contributed by atoms with Crippen LogP contribution < -0.4 is 5.73 Å². The topological polar surface area (TPSA) is 66.6 Å². The number of anilines is 1. The van der Waals surface area contributed by atoms with E-state index in [0.29, 0.717) is 13.1 Å². The van der Waals surface area contributed by atoms with Crippen LogP contribution in [0.1, 0.15) is 6.42 Å². The lowest BCUT2D eigenvalue weighted by Gasteiger charge is -2.20. The Morgan fingerprint density at radius 2 is 2.11 bits per heavy atom. The third kappa shape index (κ3) is 2.94. The molecule has 1 heterocycles. The quantitative estimate of drug-likeness (QED) is 0.838. The summed E-state index contributed by atoms with van der Waals surface area (Å²) in [5, 5.41) is 0. The van der Waals surface area contributed by atoms with Crippen molar-refractivity contribution in [2.24, 2.45) is 0 Å². The largest absolute Gasteiger partial charge is 0.398 e. The fourth-order valence-corrected chi connectivity index (χ4v) is 4.21. The number of nitrogen functional groups attached to an aromatic ring is 1. The van der Waals surface area contributed by atoms with Gasteiger partial charge in [-0.2, -0.15) is 4.31 Å². The number of benzene rings is 1. The van der Waals surface area contributed by atoms with Gasteiger partial charge in [-0.25, -0.2) is 8.42 Å². The Bertz CT molecular complexity index is 574. The highest BCUT2D eigenvalue weighted by Gasteiger charge is 2.34. The van der Waals surface area contributed by atoms with Crippen LogP contribution >= 0.6 is 15.9 Å². The molecule has 7 heteroatoms. The molecule has 106 valence electrons. The van der Waals surface area contributed by atoms with Crippen molar-refractivity contribution in [2.45, 2.75) is 17.4 Å².